The molecule has 0 spiro atoms. The lowest BCUT2D eigenvalue weighted by Crippen LogP contribution is -2.35. The molecule has 1 nitrogen and oxygen atoms in total. The van der Waals surface area contributed by atoms with Gasteiger partial charge in [-0.2, -0.15) is 0 Å². The van der Waals surface area contributed by atoms with Crippen LogP contribution in [-0.2, 0) is 0 Å². The van der Waals surface area contributed by atoms with Crippen LogP contribution in [0.1, 0.15) is 77.6 Å². The predicted octanol–water partition coefficient (Wildman–Crippen LogP) is 4.52. The molecule has 0 bridgehead atoms. The van der Waals surface area contributed by atoms with Gasteiger partial charge in [-0.3, -0.25) is 0 Å². The first-order chi connectivity index (χ1) is 8.38. The predicted molar refractivity (Wildman–Crippen MR) is 75.2 cm³/mol. The second-order valence-electron chi connectivity index (χ2n) is 6.42. The molecule has 1 atom stereocenters. The van der Waals surface area contributed by atoms with Crippen LogP contribution in [-0.4, -0.2) is 12.6 Å². The van der Waals surface area contributed by atoms with Crippen LogP contribution < -0.4 is 5.32 Å². The van der Waals surface area contributed by atoms with Crippen molar-refractivity contribution >= 4 is 0 Å². The van der Waals surface area contributed by atoms with Crippen LogP contribution in [0.4, 0.5) is 0 Å². The van der Waals surface area contributed by atoms with Crippen LogP contribution in [0.3, 0.4) is 0 Å². The summed E-state index contributed by atoms with van der Waals surface area (Å²) in [4.78, 5) is 0. The third kappa shape index (κ3) is 4.62. The van der Waals surface area contributed by atoms with Crippen molar-refractivity contribution in [1.29, 1.82) is 0 Å². The van der Waals surface area contributed by atoms with Crippen molar-refractivity contribution in [3.63, 3.8) is 0 Å². The molecule has 2 saturated carbocycles. The summed E-state index contributed by atoms with van der Waals surface area (Å²) in [6.07, 6.45) is 16.2. The first kappa shape index (κ1) is 13.4. The fourth-order valence-electron chi connectivity index (χ4n) is 3.57. The summed E-state index contributed by atoms with van der Waals surface area (Å²) >= 11 is 0. The molecule has 1 unspecified atom stereocenters. The normalized spacial score (nSPS) is 24.5. The van der Waals surface area contributed by atoms with Crippen molar-refractivity contribution < 1.29 is 0 Å². The van der Waals surface area contributed by atoms with E-state index >= 15 is 0 Å². The molecule has 0 amide bonds. The minimum absolute atomic E-state index is 0.836. The maximum absolute atomic E-state index is 3.82. The van der Waals surface area contributed by atoms with Crippen LogP contribution in [0, 0.1) is 11.8 Å². The van der Waals surface area contributed by atoms with Gasteiger partial charge in [0.25, 0.3) is 0 Å². The van der Waals surface area contributed by atoms with Crippen LogP contribution >= 0.6 is 0 Å². The van der Waals surface area contributed by atoms with Crippen molar-refractivity contribution in [3.8, 4) is 0 Å². The van der Waals surface area contributed by atoms with E-state index in [1.807, 2.05) is 0 Å². The van der Waals surface area contributed by atoms with Gasteiger partial charge in [-0.1, -0.05) is 58.3 Å². The fourth-order valence-corrected chi connectivity index (χ4v) is 3.57. The molecule has 0 heterocycles. The van der Waals surface area contributed by atoms with Crippen LogP contribution in [0.25, 0.3) is 0 Å². The molecule has 2 aliphatic rings. The highest BCUT2D eigenvalue weighted by atomic mass is 14.9. The number of nitrogens with one attached hydrogen (secondary N) is 1. The number of hydrogen-bond acceptors (Lipinski definition) is 1. The Balaban J connectivity index is 1.71. The number of hydrogen-bond donors (Lipinski definition) is 1. The molecule has 1 N–H and O–H groups in total. The molecule has 0 aromatic rings. The second kappa shape index (κ2) is 7.41. The van der Waals surface area contributed by atoms with Gasteiger partial charge in [-0.05, 0) is 37.6 Å². The van der Waals surface area contributed by atoms with Crippen molar-refractivity contribution in [1.82, 2.24) is 5.32 Å². The van der Waals surface area contributed by atoms with Crippen molar-refractivity contribution in [2.24, 2.45) is 11.8 Å². The molecule has 1 heteroatoms. The van der Waals surface area contributed by atoms with Gasteiger partial charge in [-0.25, -0.2) is 0 Å². The minimum atomic E-state index is 0.836. The Morgan fingerprint density at radius 2 is 1.47 bits per heavy atom. The fraction of sp³-hybridized carbons (Fsp3) is 1.00. The lowest BCUT2D eigenvalue weighted by atomic mass is 9.77. The van der Waals surface area contributed by atoms with E-state index in [1.54, 1.807) is 0 Å². The molecule has 0 radical (unpaired) electrons. The standard InChI is InChI=1S/C16H31N/c1-2-11-17-16(13-15-9-6-10-15)12-14-7-4-3-5-8-14/h14-17H,2-13H2,1H3. The molecular weight excluding hydrogens is 206 g/mol. The highest BCUT2D eigenvalue weighted by Gasteiger charge is 2.24. The molecule has 100 valence electrons. The molecule has 2 aliphatic carbocycles. The quantitative estimate of drug-likeness (QED) is 0.686. The lowest BCUT2D eigenvalue weighted by molar-refractivity contribution is 0.224. The zero-order valence-electron chi connectivity index (χ0n) is 11.7. The zero-order valence-corrected chi connectivity index (χ0v) is 11.7. The SMILES string of the molecule is CCCNC(CC1CCCCC1)CC1CCC1. The molecule has 0 saturated heterocycles. The first-order valence-corrected chi connectivity index (χ1v) is 8.12. The van der Waals surface area contributed by atoms with E-state index in [0.717, 1.165) is 17.9 Å². The molecule has 2 rings (SSSR count). The zero-order chi connectivity index (χ0) is 11.9. The molecule has 0 aliphatic heterocycles. The van der Waals surface area contributed by atoms with E-state index < -0.39 is 0 Å². The van der Waals surface area contributed by atoms with E-state index in [2.05, 4.69) is 12.2 Å². The maximum Gasteiger partial charge on any atom is 0.00723 e. The van der Waals surface area contributed by atoms with E-state index in [9.17, 15) is 0 Å². The van der Waals surface area contributed by atoms with E-state index in [1.165, 1.54) is 77.2 Å². The molecule has 2 fully saturated rings. The average molecular weight is 237 g/mol. The van der Waals surface area contributed by atoms with Crippen LogP contribution in [0.15, 0.2) is 0 Å². The Morgan fingerprint density at radius 3 is 1.94 bits per heavy atom. The maximum atomic E-state index is 3.82. The Morgan fingerprint density at radius 1 is 0.882 bits per heavy atom. The Bertz CT molecular complexity index is 192. The third-order valence-corrected chi connectivity index (χ3v) is 4.87. The average Bonchev–Trinajstić information content (AvgIpc) is 2.31. The van der Waals surface area contributed by atoms with Gasteiger partial charge >= 0.3 is 0 Å². The Labute approximate surface area is 108 Å². The van der Waals surface area contributed by atoms with Crippen LogP contribution in [0.2, 0.25) is 0 Å². The summed E-state index contributed by atoms with van der Waals surface area (Å²) in [5.74, 6) is 2.10. The smallest absolute Gasteiger partial charge is 0.00723 e. The molecule has 17 heavy (non-hydrogen) atoms. The van der Waals surface area contributed by atoms with Gasteiger partial charge in [0, 0.05) is 6.04 Å². The van der Waals surface area contributed by atoms with E-state index in [-0.39, 0.29) is 0 Å². The van der Waals surface area contributed by atoms with Crippen LogP contribution in [0.5, 0.6) is 0 Å². The van der Waals surface area contributed by atoms with Gasteiger partial charge in [0.05, 0.1) is 0 Å². The summed E-state index contributed by atoms with van der Waals surface area (Å²) in [5, 5.41) is 3.82. The highest BCUT2D eigenvalue weighted by molar-refractivity contribution is 4.80. The van der Waals surface area contributed by atoms with Gasteiger partial charge in [0.1, 0.15) is 0 Å². The Hall–Kier alpha value is -0.0400. The summed E-state index contributed by atoms with van der Waals surface area (Å²) in [6.45, 7) is 3.51. The first-order valence-electron chi connectivity index (χ1n) is 8.12. The Kier molecular flexibility index (Phi) is 5.84. The summed E-state index contributed by atoms with van der Waals surface area (Å²) in [6, 6.07) is 0.836. The monoisotopic (exact) mass is 237 g/mol. The van der Waals surface area contributed by atoms with Crippen molar-refractivity contribution in [2.75, 3.05) is 6.54 Å². The third-order valence-electron chi connectivity index (χ3n) is 4.87. The molecule has 0 aromatic heterocycles. The minimum Gasteiger partial charge on any atom is -0.314 e. The van der Waals surface area contributed by atoms with Gasteiger partial charge in [0.2, 0.25) is 0 Å². The molecule has 0 aromatic carbocycles. The lowest BCUT2D eigenvalue weighted by Gasteiger charge is -2.33. The topological polar surface area (TPSA) is 12.0 Å². The van der Waals surface area contributed by atoms with E-state index in [4.69, 9.17) is 0 Å². The highest BCUT2D eigenvalue weighted by Crippen LogP contribution is 2.34. The second-order valence-corrected chi connectivity index (χ2v) is 6.42. The summed E-state index contributed by atoms with van der Waals surface area (Å²) < 4.78 is 0. The number of rotatable bonds is 7. The molecular formula is C16H31N. The summed E-state index contributed by atoms with van der Waals surface area (Å²) in [7, 11) is 0. The summed E-state index contributed by atoms with van der Waals surface area (Å²) in [5.41, 5.74) is 0. The van der Waals surface area contributed by atoms with Crippen molar-refractivity contribution in [3.05, 3.63) is 0 Å². The van der Waals surface area contributed by atoms with E-state index in [0.29, 0.717) is 0 Å². The largest absolute Gasteiger partial charge is 0.314 e. The van der Waals surface area contributed by atoms with Gasteiger partial charge in [0.15, 0.2) is 0 Å². The van der Waals surface area contributed by atoms with Crippen molar-refractivity contribution in [2.45, 2.75) is 83.6 Å². The van der Waals surface area contributed by atoms with Gasteiger partial charge in [-0.15, -0.1) is 0 Å². The van der Waals surface area contributed by atoms with Gasteiger partial charge < -0.3 is 5.32 Å².